The minimum Gasteiger partial charge on any atom is -0.497 e. The van der Waals surface area contributed by atoms with Crippen LogP contribution < -0.4 is 4.74 Å². The Balaban J connectivity index is 1.84. The molecule has 0 aliphatic carbocycles. The third kappa shape index (κ3) is 4.45. The van der Waals surface area contributed by atoms with Crippen LogP contribution in [-0.2, 0) is 11.2 Å². The standard InChI is InChI=1S/C17H26N2O3/c1-14(13-15-3-5-16(22-2)6-4-15)17(21)19-9-7-18(8-10-19)11-12-20/h3-6,14,20H,7-13H2,1-2H3. The molecule has 1 unspecified atom stereocenters. The number of hydrogen-bond acceptors (Lipinski definition) is 4. The summed E-state index contributed by atoms with van der Waals surface area (Å²) < 4.78 is 5.15. The molecule has 0 saturated carbocycles. The molecule has 5 heteroatoms. The van der Waals surface area contributed by atoms with Crippen LogP contribution in [0.3, 0.4) is 0 Å². The zero-order chi connectivity index (χ0) is 15.9. The van der Waals surface area contributed by atoms with Gasteiger partial charge in [-0.3, -0.25) is 9.69 Å². The van der Waals surface area contributed by atoms with Crippen LogP contribution in [0, 0.1) is 5.92 Å². The van der Waals surface area contributed by atoms with Crippen molar-refractivity contribution in [3.05, 3.63) is 29.8 Å². The van der Waals surface area contributed by atoms with E-state index in [4.69, 9.17) is 9.84 Å². The summed E-state index contributed by atoms with van der Waals surface area (Å²) in [4.78, 5) is 16.7. The molecule has 1 heterocycles. The van der Waals surface area contributed by atoms with E-state index in [-0.39, 0.29) is 18.4 Å². The van der Waals surface area contributed by atoms with Gasteiger partial charge in [0.05, 0.1) is 13.7 Å². The van der Waals surface area contributed by atoms with E-state index in [0.717, 1.165) is 43.9 Å². The molecule has 0 radical (unpaired) electrons. The second-order valence-corrected chi connectivity index (χ2v) is 5.84. The predicted molar refractivity (Wildman–Crippen MR) is 86.0 cm³/mol. The molecule has 2 rings (SSSR count). The minimum absolute atomic E-state index is 0.0159. The monoisotopic (exact) mass is 306 g/mol. The SMILES string of the molecule is COc1ccc(CC(C)C(=O)N2CCN(CCO)CC2)cc1. The Morgan fingerprint density at radius 2 is 1.86 bits per heavy atom. The first kappa shape index (κ1) is 16.8. The number of piperazine rings is 1. The van der Waals surface area contributed by atoms with Gasteiger partial charge in [0.1, 0.15) is 5.75 Å². The van der Waals surface area contributed by atoms with Gasteiger partial charge in [0.25, 0.3) is 0 Å². The summed E-state index contributed by atoms with van der Waals surface area (Å²) in [6.07, 6.45) is 0.750. The van der Waals surface area contributed by atoms with Crippen LogP contribution in [-0.4, -0.2) is 67.3 Å². The number of aliphatic hydroxyl groups is 1. The maximum atomic E-state index is 12.5. The first-order valence-electron chi connectivity index (χ1n) is 7.89. The van der Waals surface area contributed by atoms with E-state index in [1.807, 2.05) is 36.1 Å². The van der Waals surface area contributed by atoms with E-state index in [1.54, 1.807) is 7.11 Å². The molecule has 1 amide bonds. The molecule has 122 valence electrons. The average molecular weight is 306 g/mol. The van der Waals surface area contributed by atoms with Crippen LogP contribution in [0.2, 0.25) is 0 Å². The van der Waals surface area contributed by atoms with Crippen molar-refractivity contribution in [3.8, 4) is 5.75 Å². The number of amides is 1. The maximum absolute atomic E-state index is 12.5. The highest BCUT2D eigenvalue weighted by Crippen LogP contribution is 2.16. The molecule has 22 heavy (non-hydrogen) atoms. The van der Waals surface area contributed by atoms with Crippen molar-refractivity contribution >= 4 is 5.91 Å². The number of aliphatic hydroxyl groups excluding tert-OH is 1. The van der Waals surface area contributed by atoms with E-state index in [1.165, 1.54) is 0 Å². The highest BCUT2D eigenvalue weighted by atomic mass is 16.5. The number of hydrogen-bond donors (Lipinski definition) is 1. The highest BCUT2D eigenvalue weighted by molar-refractivity contribution is 5.79. The Kier molecular flexibility index (Phi) is 6.21. The van der Waals surface area contributed by atoms with Gasteiger partial charge in [0.15, 0.2) is 0 Å². The molecule has 0 bridgehead atoms. The van der Waals surface area contributed by atoms with Gasteiger partial charge in [-0.15, -0.1) is 0 Å². The number of nitrogens with zero attached hydrogens (tertiary/aromatic N) is 2. The Morgan fingerprint density at radius 1 is 1.23 bits per heavy atom. The van der Waals surface area contributed by atoms with Gasteiger partial charge in [-0.2, -0.15) is 0 Å². The molecular formula is C17H26N2O3. The molecule has 1 atom stereocenters. The van der Waals surface area contributed by atoms with Crippen LogP contribution in [0.15, 0.2) is 24.3 Å². The van der Waals surface area contributed by atoms with Crippen LogP contribution in [0.5, 0.6) is 5.75 Å². The summed E-state index contributed by atoms with van der Waals surface area (Å²) in [5.41, 5.74) is 1.15. The largest absolute Gasteiger partial charge is 0.497 e. The lowest BCUT2D eigenvalue weighted by molar-refractivity contribution is -0.136. The predicted octanol–water partition coefficient (Wildman–Crippen LogP) is 1.01. The fraction of sp³-hybridized carbons (Fsp3) is 0.588. The van der Waals surface area contributed by atoms with Crippen LogP contribution in [0.25, 0.3) is 0 Å². The van der Waals surface area contributed by atoms with Gasteiger partial charge < -0.3 is 14.7 Å². The van der Waals surface area contributed by atoms with E-state index in [2.05, 4.69) is 4.90 Å². The molecule has 5 nitrogen and oxygen atoms in total. The van der Waals surface area contributed by atoms with E-state index in [9.17, 15) is 4.79 Å². The number of rotatable bonds is 6. The number of methoxy groups -OCH3 is 1. The van der Waals surface area contributed by atoms with Crippen molar-refractivity contribution in [2.45, 2.75) is 13.3 Å². The normalized spacial score (nSPS) is 17.3. The zero-order valence-corrected chi connectivity index (χ0v) is 13.5. The van der Waals surface area contributed by atoms with Crippen molar-refractivity contribution in [3.63, 3.8) is 0 Å². The average Bonchev–Trinajstić information content (AvgIpc) is 2.56. The Morgan fingerprint density at radius 3 is 2.41 bits per heavy atom. The molecule has 0 spiro atoms. The van der Waals surface area contributed by atoms with Crippen LogP contribution in [0.4, 0.5) is 0 Å². The van der Waals surface area contributed by atoms with Crippen molar-refractivity contribution in [1.29, 1.82) is 0 Å². The highest BCUT2D eigenvalue weighted by Gasteiger charge is 2.24. The molecular weight excluding hydrogens is 280 g/mol. The second kappa shape index (κ2) is 8.15. The lowest BCUT2D eigenvalue weighted by Crippen LogP contribution is -2.50. The van der Waals surface area contributed by atoms with E-state index in [0.29, 0.717) is 6.54 Å². The number of β-amino-alcohol motifs (C(OH)–C–C–N with tert-alkyl or cyclic N) is 1. The fourth-order valence-electron chi connectivity index (χ4n) is 2.85. The summed E-state index contributed by atoms with van der Waals surface area (Å²) in [5, 5.41) is 8.95. The second-order valence-electron chi connectivity index (χ2n) is 5.84. The molecule has 1 aromatic rings. The number of benzene rings is 1. The lowest BCUT2D eigenvalue weighted by Gasteiger charge is -2.35. The van der Waals surface area contributed by atoms with Crippen molar-refractivity contribution in [2.75, 3.05) is 46.4 Å². The molecule has 1 aliphatic heterocycles. The number of carbonyl (C=O) groups is 1. The smallest absolute Gasteiger partial charge is 0.225 e. The Labute approximate surface area is 132 Å². The quantitative estimate of drug-likeness (QED) is 0.852. The van der Waals surface area contributed by atoms with Crippen molar-refractivity contribution in [2.24, 2.45) is 5.92 Å². The summed E-state index contributed by atoms with van der Waals surface area (Å²) in [6.45, 7) is 6.08. The summed E-state index contributed by atoms with van der Waals surface area (Å²) in [5.74, 6) is 1.04. The van der Waals surface area contributed by atoms with Crippen LogP contribution in [0.1, 0.15) is 12.5 Å². The van der Waals surface area contributed by atoms with Gasteiger partial charge in [-0.05, 0) is 24.1 Å². The van der Waals surface area contributed by atoms with Gasteiger partial charge in [-0.25, -0.2) is 0 Å². The summed E-state index contributed by atoms with van der Waals surface area (Å²) in [7, 11) is 1.65. The topological polar surface area (TPSA) is 53.0 Å². The zero-order valence-electron chi connectivity index (χ0n) is 13.5. The molecule has 1 aromatic carbocycles. The summed E-state index contributed by atoms with van der Waals surface area (Å²) in [6, 6.07) is 7.89. The molecule has 1 fully saturated rings. The third-order valence-electron chi connectivity index (χ3n) is 4.22. The van der Waals surface area contributed by atoms with Gasteiger partial charge in [-0.1, -0.05) is 19.1 Å². The number of carbonyl (C=O) groups excluding carboxylic acids is 1. The molecule has 1 aliphatic rings. The minimum atomic E-state index is -0.0159. The lowest BCUT2D eigenvalue weighted by atomic mass is 9.99. The first-order chi connectivity index (χ1) is 10.6. The van der Waals surface area contributed by atoms with Gasteiger partial charge in [0, 0.05) is 38.6 Å². The summed E-state index contributed by atoms with van der Waals surface area (Å²) >= 11 is 0. The van der Waals surface area contributed by atoms with E-state index >= 15 is 0 Å². The molecule has 1 N–H and O–H groups in total. The number of ether oxygens (including phenoxy) is 1. The van der Waals surface area contributed by atoms with Gasteiger partial charge in [0.2, 0.25) is 5.91 Å². The fourth-order valence-corrected chi connectivity index (χ4v) is 2.85. The maximum Gasteiger partial charge on any atom is 0.225 e. The van der Waals surface area contributed by atoms with Crippen molar-refractivity contribution in [1.82, 2.24) is 9.80 Å². The van der Waals surface area contributed by atoms with E-state index < -0.39 is 0 Å². The van der Waals surface area contributed by atoms with Crippen molar-refractivity contribution < 1.29 is 14.6 Å². The third-order valence-corrected chi connectivity index (χ3v) is 4.22. The molecule has 0 aromatic heterocycles. The van der Waals surface area contributed by atoms with Crippen LogP contribution >= 0.6 is 0 Å². The Bertz CT molecular complexity index is 467. The first-order valence-corrected chi connectivity index (χ1v) is 7.89. The molecule has 1 saturated heterocycles. The van der Waals surface area contributed by atoms with Gasteiger partial charge >= 0.3 is 0 Å². The Hall–Kier alpha value is -1.59.